The summed E-state index contributed by atoms with van der Waals surface area (Å²) in [7, 11) is 0. The number of urea groups is 1. The van der Waals surface area contributed by atoms with Gasteiger partial charge in [0.25, 0.3) is 0 Å². The summed E-state index contributed by atoms with van der Waals surface area (Å²) in [5.74, 6) is 0.875. The lowest BCUT2D eigenvalue weighted by molar-refractivity contribution is 0.236. The van der Waals surface area contributed by atoms with Crippen LogP contribution in [0.2, 0.25) is 0 Å². The Balaban J connectivity index is 1.69. The van der Waals surface area contributed by atoms with Crippen LogP contribution in [-0.2, 0) is 6.54 Å². The molecule has 0 bridgehead atoms. The Morgan fingerprint density at radius 1 is 0.917 bits per heavy atom. The van der Waals surface area contributed by atoms with Gasteiger partial charge >= 0.3 is 6.03 Å². The number of carbonyl (C=O) groups excluding carboxylic acids is 1. The maximum absolute atomic E-state index is 11.8. The highest BCUT2D eigenvalue weighted by Gasteiger charge is 2.04. The molecule has 2 amide bonds. The number of amides is 2. The standard InChI is InChI=1S/C20H26N2O2/c1-14-5-7-18(8-6-14)13-22-20(23)21-9-10-24-19-12-16(3)15(2)11-17(19)4/h5-8,11-12H,9-10,13H2,1-4H3,(H2,21,22,23). The minimum atomic E-state index is -0.184. The van der Waals surface area contributed by atoms with E-state index in [0.29, 0.717) is 19.7 Å². The van der Waals surface area contributed by atoms with Gasteiger partial charge in [-0.3, -0.25) is 0 Å². The van der Waals surface area contributed by atoms with Crippen LogP contribution in [0.1, 0.15) is 27.8 Å². The van der Waals surface area contributed by atoms with Crippen molar-refractivity contribution in [2.24, 2.45) is 0 Å². The zero-order valence-electron chi connectivity index (χ0n) is 14.9. The molecule has 2 aromatic rings. The second-order valence-corrected chi connectivity index (χ2v) is 6.15. The van der Waals surface area contributed by atoms with Crippen LogP contribution in [0.3, 0.4) is 0 Å². The van der Waals surface area contributed by atoms with Crippen LogP contribution < -0.4 is 15.4 Å². The minimum absolute atomic E-state index is 0.184. The third-order valence-electron chi connectivity index (χ3n) is 4.01. The van der Waals surface area contributed by atoms with Crippen LogP contribution in [0.15, 0.2) is 36.4 Å². The molecular weight excluding hydrogens is 300 g/mol. The molecule has 4 nitrogen and oxygen atoms in total. The highest BCUT2D eigenvalue weighted by Crippen LogP contribution is 2.22. The van der Waals surface area contributed by atoms with E-state index in [9.17, 15) is 4.79 Å². The number of benzene rings is 2. The molecule has 0 heterocycles. The molecular formula is C20H26N2O2. The molecule has 2 N–H and O–H groups in total. The zero-order chi connectivity index (χ0) is 17.5. The van der Waals surface area contributed by atoms with Gasteiger partial charge in [-0.1, -0.05) is 35.9 Å². The average molecular weight is 326 g/mol. The molecule has 0 saturated carbocycles. The number of aryl methyl sites for hydroxylation is 4. The highest BCUT2D eigenvalue weighted by molar-refractivity contribution is 5.73. The molecule has 2 rings (SSSR count). The van der Waals surface area contributed by atoms with Crippen LogP contribution in [0.4, 0.5) is 4.79 Å². The van der Waals surface area contributed by atoms with Crippen molar-refractivity contribution in [2.75, 3.05) is 13.2 Å². The predicted molar refractivity (Wildman–Crippen MR) is 97.6 cm³/mol. The van der Waals surface area contributed by atoms with Gasteiger partial charge in [0.15, 0.2) is 0 Å². The Morgan fingerprint density at radius 2 is 1.58 bits per heavy atom. The number of hydrogen-bond acceptors (Lipinski definition) is 2. The topological polar surface area (TPSA) is 50.4 Å². The van der Waals surface area contributed by atoms with Gasteiger partial charge in [-0.25, -0.2) is 4.79 Å². The first-order chi connectivity index (χ1) is 11.5. The van der Waals surface area contributed by atoms with E-state index in [1.54, 1.807) is 0 Å². The van der Waals surface area contributed by atoms with E-state index in [1.807, 2.05) is 44.2 Å². The lowest BCUT2D eigenvalue weighted by Gasteiger charge is -2.12. The second-order valence-electron chi connectivity index (χ2n) is 6.15. The van der Waals surface area contributed by atoms with E-state index >= 15 is 0 Å². The molecule has 0 aliphatic carbocycles. The first-order valence-corrected chi connectivity index (χ1v) is 8.23. The molecule has 128 valence electrons. The molecule has 0 fully saturated rings. The SMILES string of the molecule is Cc1ccc(CNC(=O)NCCOc2cc(C)c(C)cc2C)cc1. The first-order valence-electron chi connectivity index (χ1n) is 8.23. The smallest absolute Gasteiger partial charge is 0.315 e. The summed E-state index contributed by atoms with van der Waals surface area (Å²) in [6, 6.07) is 12.1. The van der Waals surface area contributed by atoms with Crippen LogP contribution in [-0.4, -0.2) is 19.2 Å². The predicted octanol–water partition coefficient (Wildman–Crippen LogP) is 3.80. The van der Waals surface area contributed by atoms with E-state index in [1.165, 1.54) is 16.7 Å². The van der Waals surface area contributed by atoms with Crippen molar-refractivity contribution < 1.29 is 9.53 Å². The normalized spacial score (nSPS) is 10.3. The third-order valence-corrected chi connectivity index (χ3v) is 4.01. The Bertz CT molecular complexity index is 694. The average Bonchev–Trinajstić information content (AvgIpc) is 2.55. The number of carbonyl (C=O) groups is 1. The molecule has 0 saturated heterocycles. The summed E-state index contributed by atoms with van der Waals surface area (Å²) in [5, 5.41) is 5.64. The summed E-state index contributed by atoms with van der Waals surface area (Å²) in [5.41, 5.74) is 5.87. The van der Waals surface area contributed by atoms with E-state index in [2.05, 4.69) is 30.5 Å². The quantitative estimate of drug-likeness (QED) is 0.793. The first kappa shape index (κ1) is 17.9. The molecule has 0 aromatic heterocycles. The van der Waals surface area contributed by atoms with E-state index in [0.717, 1.165) is 16.9 Å². The number of ether oxygens (including phenoxy) is 1. The zero-order valence-corrected chi connectivity index (χ0v) is 14.9. The lowest BCUT2D eigenvalue weighted by atomic mass is 10.1. The maximum atomic E-state index is 11.8. The van der Waals surface area contributed by atoms with Gasteiger partial charge in [0.05, 0.1) is 6.54 Å². The molecule has 0 radical (unpaired) electrons. The largest absolute Gasteiger partial charge is 0.491 e. The van der Waals surface area contributed by atoms with Gasteiger partial charge in [-0.15, -0.1) is 0 Å². The van der Waals surface area contributed by atoms with Crippen molar-refractivity contribution in [3.05, 3.63) is 64.2 Å². The van der Waals surface area contributed by atoms with Crippen molar-refractivity contribution in [1.29, 1.82) is 0 Å². The van der Waals surface area contributed by atoms with Crippen LogP contribution in [0.25, 0.3) is 0 Å². The van der Waals surface area contributed by atoms with Crippen molar-refractivity contribution in [1.82, 2.24) is 10.6 Å². The molecule has 24 heavy (non-hydrogen) atoms. The summed E-state index contributed by atoms with van der Waals surface area (Å²) in [6.07, 6.45) is 0. The Labute approximate surface area is 144 Å². The molecule has 0 aliphatic rings. The summed E-state index contributed by atoms with van der Waals surface area (Å²) >= 11 is 0. The van der Waals surface area contributed by atoms with Crippen LogP contribution in [0, 0.1) is 27.7 Å². The number of nitrogens with one attached hydrogen (secondary N) is 2. The monoisotopic (exact) mass is 326 g/mol. The van der Waals surface area contributed by atoms with Crippen LogP contribution >= 0.6 is 0 Å². The minimum Gasteiger partial charge on any atom is -0.491 e. The molecule has 4 heteroatoms. The second kappa shape index (κ2) is 8.39. The van der Waals surface area contributed by atoms with E-state index in [-0.39, 0.29) is 6.03 Å². The van der Waals surface area contributed by atoms with E-state index in [4.69, 9.17) is 4.74 Å². The van der Waals surface area contributed by atoms with Crippen molar-refractivity contribution >= 4 is 6.03 Å². The fourth-order valence-corrected chi connectivity index (χ4v) is 2.37. The number of rotatable bonds is 6. The van der Waals surface area contributed by atoms with Crippen molar-refractivity contribution in [3.8, 4) is 5.75 Å². The van der Waals surface area contributed by atoms with Crippen molar-refractivity contribution in [2.45, 2.75) is 34.2 Å². The van der Waals surface area contributed by atoms with E-state index < -0.39 is 0 Å². The lowest BCUT2D eigenvalue weighted by Crippen LogP contribution is -2.37. The van der Waals surface area contributed by atoms with Gasteiger partial charge in [0.2, 0.25) is 0 Å². The summed E-state index contributed by atoms with van der Waals surface area (Å²) in [4.78, 5) is 11.8. The Hall–Kier alpha value is -2.49. The molecule has 0 atom stereocenters. The van der Waals surface area contributed by atoms with Gasteiger partial charge in [-0.05, 0) is 56.0 Å². The van der Waals surface area contributed by atoms with Crippen LogP contribution in [0.5, 0.6) is 5.75 Å². The molecule has 0 spiro atoms. The van der Waals surface area contributed by atoms with Gasteiger partial charge < -0.3 is 15.4 Å². The molecule has 0 unspecified atom stereocenters. The molecule has 0 aliphatic heterocycles. The summed E-state index contributed by atoms with van der Waals surface area (Å²) in [6.45, 7) is 9.66. The Morgan fingerprint density at radius 3 is 2.29 bits per heavy atom. The van der Waals surface area contributed by atoms with Crippen molar-refractivity contribution in [3.63, 3.8) is 0 Å². The Kier molecular flexibility index (Phi) is 6.24. The fourth-order valence-electron chi connectivity index (χ4n) is 2.37. The number of hydrogen-bond donors (Lipinski definition) is 2. The summed E-state index contributed by atoms with van der Waals surface area (Å²) < 4.78 is 5.76. The van der Waals surface area contributed by atoms with Gasteiger partial charge in [0.1, 0.15) is 12.4 Å². The third kappa shape index (κ3) is 5.30. The maximum Gasteiger partial charge on any atom is 0.315 e. The molecule has 2 aromatic carbocycles. The van der Waals surface area contributed by atoms with Gasteiger partial charge in [0, 0.05) is 6.54 Å². The highest BCUT2D eigenvalue weighted by atomic mass is 16.5. The van der Waals surface area contributed by atoms with Gasteiger partial charge in [-0.2, -0.15) is 0 Å². The fraction of sp³-hybridized carbons (Fsp3) is 0.350.